The van der Waals surface area contributed by atoms with Crippen molar-refractivity contribution in [2.75, 3.05) is 25.9 Å². The number of piperidine rings is 1. The topological polar surface area (TPSA) is 90.4 Å². The average Bonchev–Trinajstić information content (AvgIpc) is 3.07. The Kier molecular flexibility index (Phi) is 5.35. The second kappa shape index (κ2) is 7.85. The molecule has 0 radical (unpaired) electrons. The van der Waals surface area contributed by atoms with Gasteiger partial charge in [-0.3, -0.25) is 9.38 Å². The molecule has 3 N–H and O–H groups in total. The SMILES string of the molecule is COC1CCNCC1.Nc1cncc(-c2cnc3ccccn23)n1. The van der Waals surface area contributed by atoms with E-state index < -0.39 is 0 Å². The van der Waals surface area contributed by atoms with Gasteiger partial charge in [0.05, 0.1) is 30.4 Å². The molecule has 4 heterocycles. The Labute approximate surface area is 140 Å². The summed E-state index contributed by atoms with van der Waals surface area (Å²) in [6.07, 6.45) is 9.77. The highest BCUT2D eigenvalue weighted by atomic mass is 16.5. The van der Waals surface area contributed by atoms with Crippen LogP contribution < -0.4 is 11.1 Å². The molecule has 0 spiro atoms. The summed E-state index contributed by atoms with van der Waals surface area (Å²) < 4.78 is 7.10. The van der Waals surface area contributed by atoms with E-state index in [4.69, 9.17) is 10.5 Å². The predicted octanol–water partition coefficient (Wildman–Crippen LogP) is 1.76. The van der Waals surface area contributed by atoms with Gasteiger partial charge in [-0.15, -0.1) is 0 Å². The van der Waals surface area contributed by atoms with Crippen LogP contribution in [0.1, 0.15) is 12.8 Å². The number of rotatable bonds is 2. The van der Waals surface area contributed by atoms with Gasteiger partial charge in [0.1, 0.15) is 17.2 Å². The first-order chi connectivity index (χ1) is 11.8. The summed E-state index contributed by atoms with van der Waals surface area (Å²) in [5, 5.41) is 3.27. The molecule has 1 aliphatic heterocycles. The number of pyridine rings is 1. The molecule has 7 heteroatoms. The maximum absolute atomic E-state index is 5.61. The van der Waals surface area contributed by atoms with E-state index in [9.17, 15) is 0 Å². The number of nitrogens with one attached hydrogen (secondary N) is 1. The molecule has 1 saturated heterocycles. The smallest absolute Gasteiger partial charge is 0.142 e. The minimum atomic E-state index is 0.406. The van der Waals surface area contributed by atoms with Crippen molar-refractivity contribution in [3.8, 4) is 11.4 Å². The van der Waals surface area contributed by atoms with Crippen molar-refractivity contribution in [1.82, 2.24) is 24.7 Å². The molecule has 0 atom stereocenters. The molecule has 3 aromatic heterocycles. The molecule has 0 amide bonds. The van der Waals surface area contributed by atoms with Crippen molar-refractivity contribution >= 4 is 11.5 Å². The minimum Gasteiger partial charge on any atom is -0.382 e. The summed E-state index contributed by atoms with van der Waals surface area (Å²) in [7, 11) is 1.79. The molecule has 0 saturated carbocycles. The number of nitrogen functional groups attached to an aromatic ring is 1. The number of hydrogen-bond donors (Lipinski definition) is 2. The molecular formula is C17H22N6O. The normalized spacial score (nSPS) is 15.0. The maximum Gasteiger partial charge on any atom is 0.142 e. The van der Waals surface area contributed by atoms with E-state index in [0.717, 1.165) is 30.1 Å². The van der Waals surface area contributed by atoms with Gasteiger partial charge < -0.3 is 15.8 Å². The van der Waals surface area contributed by atoms with Crippen LogP contribution in [0.2, 0.25) is 0 Å². The molecule has 0 unspecified atom stereocenters. The van der Waals surface area contributed by atoms with Crippen LogP contribution in [-0.4, -0.2) is 45.7 Å². The third-order valence-electron chi connectivity index (χ3n) is 3.95. The van der Waals surface area contributed by atoms with Crippen LogP contribution in [-0.2, 0) is 4.74 Å². The Morgan fingerprint density at radius 2 is 2.04 bits per heavy atom. The van der Waals surface area contributed by atoms with Crippen LogP contribution in [0.15, 0.2) is 43.0 Å². The fourth-order valence-electron chi connectivity index (χ4n) is 2.66. The number of nitrogens with zero attached hydrogens (tertiary/aromatic N) is 4. The fraction of sp³-hybridized carbons (Fsp3) is 0.353. The first-order valence-electron chi connectivity index (χ1n) is 8.01. The largest absolute Gasteiger partial charge is 0.382 e. The Hall–Kier alpha value is -2.51. The van der Waals surface area contributed by atoms with E-state index in [0.29, 0.717) is 11.9 Å². The zero-order chi connectivity index (χ0) is 16.8. The lowest BCUT2D eigenvalue weighted by molar-refractivity contribution is 0.0765. The van der Waals surface area contributed by atoms with Crippen LogP contribution in [0.25, 0.3) is 17.0 Å². The predicted molar refractivity (Wildman–Crippen MR) is 93.5 cm³/mol. The Morgan fingerprint density at radius 1 is 1.21 bits per heavy atom. The summed E-state index contributed by atoms with van der Waals surface area (Å²) >= 11 is 0. The summed E-state index contributed by atoms with van der Waals surface area (Å²) in [5.41, 5.74) is 8.09. The van der Waals surface area contributed by atoms with E-state index in [-0.39, 0.29) is 0 Å². The third kappa shape index (κ3) is 3.87. The van der Waals surface area contributed by atoms with E-state index in [2.05, 4.69) is 20.3 Å². The molecule has 7 nitrogen and oxygen atoms in total. The maximum atomic E-state index is 5.61. The second-order valence-electron chi connectivity index (χ2n) is 5.59. The van der Waals surface area contributed by atoms with Gasteiger partial charge in [0.25, 0.3) is 0 Å². The molecule has 0 bridgehead atoms. The molecule has 3 aromatic rings. The Morgan fingerprint density at radius 3 is 2.75 bits per heavy atom. The van der Waals surface area contributed by atoms with Gasteiger partial charge in [-0.1, -0.05) is 6.07 Å². The Balaban J connectivity index is 0.000000179. The average molecular weight is 326 g/mol. The highest BCUT2D eigenvalue weighted by molar-refractivity contribution is 5.60. The quantitative estimate of drug-likeness (QED) is 0.746. The molecule has 0 aromatic carbocycles. The van der Waals surface area contributed by atoms with Crippen molar-refractivity contribution in [1.29, 1.82) is 0 Å². The lowest BCUT2D eigenvalue weighted by atomic mass is 10.1. The first kappa shape index (κ1) is 16.4. The number of anilines is 1. The zero-order valence-electron chi connectivity index (χ0n) is 13.7. The number of imidazole rings is 1. The van der Waals surface area contributed by atoms with E-state index in [1.807, 2.05) is 28.8 Å². The van der Waals surface area contributed by atoms with Crippen molar-refractivity contribution in [3.05, 3.63) is 43.0 Å². The summed E-state index contributed by atoms with van der Waals surface area (Å²) in [6, 6.07) is 5.82. The van der Waals surface area contributed by atoms with Gasteiger partial charge >= 0.3 is 0 Å². The number of nitrogens with two attached hydrogens (primary N) is 1. The van der Waals surface area contributed by atoms with Crippen LogP contribution in [0.5, 0.6) is 0 Å². The van der Waals surface area contributed by atoms with Gasteiger partial charge in [0, 0.05) is 13.3 Å². The molecular weight excluding hydrogens is 304 g/mol. The van der Waals surface area contributed by atoms with Crippen molar-refractivity contribution in [2.45, 2.75) is 18.9 Å². The van der Waals surface area contributed by atoms with Crippen LogP contribution in [0.4, 0.5) is 5.82 Å². The van der Waals surface area contributed by atoms with Crippen molar-refractivity contribution in [3.63, 3.8) is 0 Å². The molecule has 1 aliphatic rings. The van der Waals surface area contributed by atoms with E-state index in [1.54, 1.807) is 19.5 Å². The minimum absolute atomic E-state index is 0.406. The van der Waals surface area contributed by atoms with Crippen LogP contribution in [0.3, 0.4) is 0 Å². The Bertz CT molecular complexity index is 781. The number of hydrogen-bond acceptors (Lipinski definition) is 6. The van der Waals surface area contributed by atoms with Crippen molar-refractivity contribution < 1.29 is 4.74 Å². The van der Waals surface area contributed by atoms with Gasteiger partial charge in [0.2, 0.25) is 0 Å². The molecule has 24 heavy (non-hydrogen) atoms. The number of aromatic nitrogens is 4. The molecule has 126 valence electrons. The lowest BCUT2D eigenvalue weighted by Gasteiger charge is -2.20. The molecule has 0 aliphatic carbocycles. The highest BCUT2D eigenvalue weighted by Crippen LogP contribution is 2.18. The second-order valence-corrected chi connectivity index (χ2v) is 5.59. The fourth-order valence-corrected chi connectivity index (χ4v) is 2.66. The zero-order valence-corrected chi connectivity index (χ0v) is 13.7. The molecule has 1 fully saturated rings. The van der Waals surface area contributed by atoms with Gasteiger partial charge in [0.15, 0.2) is 0 Å². The van der Waals surface area contributed by atoms with Crippen molar-refractivity contribution in [2.24, 2.45) is 0 Å². The highest BCUT2D eigenvalue weighted by Gasteiger charge is 2.10. The lowest BCUT2D eigenvalue weighted by Crippen LogP contribution is -2.31. The van der Waals surface area contributed by atoms with Crippen LogP contribution >= 0.6 is 0 Å². The van der Waals surface area contributed by atoms with E-state index in [1.165, 1.54) is 19.0 Å². The van der Waals surface area contributed by atoms with Crippen LogP contribution in [0, 0.1) is 0 Å². The third-order valence-corrected chi connectivity index (χ3v) is 3.95. The van der Waals surface area contributed by atoms with Gasteiger partial charge in [-0.25, -0.2) is 9.97 Å². The standard InChI is InChI=1S/C11H9N5.C6H13NO/c12-10-7-13-5-8(15-10)9-6-14-11-3-1-2-4-16(9)11;1-8-6-2-4-7-5-3-6/h1-7H,(H2,12,15);6-7H,2-5H2,1H3. The summed E-state index contributed by atoms with van der Waals surface area (Å²) in [6.45, 7) is 2.25. The van der Waals surface area contributed by atoms with E-state index >= 15 is 0 Å². The first-order valence-corrected chi connectivity index (χ1v) is 8.01. The molecule has 4 rings (SSSR count). The van der Waals surface area contributed by atoms with Gasteiger partial charge in [-0.2, -0.15) is 0 Å². The summed E-state index contributed by atoms with van der Waals surface area (Å²) in [5.74, 6) is 0.406. The number of methoxy groups -OCH3 is 1. The summed E-state index contributed by atoms with van der Waals surface area (Å²) in [4.78, 5) is 12.5. The monoisotopic (exact) mass is 326 g/mol. The number of ether oxygens (including phenoxy) is 1. The number of fused-ring (bicyclic) bond motifs is 1. The van der Waals surface area contributed by atoms with Gasteiger partial charge in [-0.05, 0) is 38.1 Å².